The predicted molar refractivity (Wildman–Crippen MR) is 83.5 cm³/mol. The third kappa shape index (κ3) is 2.30. The number of anilines is 1. The number of hydrogen-bond donors (Lipinski definition) is 2. The molecule has 7 heteroatoms. The van der Waals surface area contributed by atoms with Gasteiger partial charge in [-0.05, 0) is 25.7 Å². The number of aliphatic hydroxyl groups excluding tert-OH is 1. The fourth-order valence-electron chi connectivity index (χ4n) is 3.03. The van der Waals surface area contributed by atoms with Gasteiger partial charge in [-0.15, -0.1) is 11.3 Å². The number of aliphatic hydroxyl groups is 1. The van der Waals surface area contributed by atoms with Crippen LogP contribution in [0.5, 0.6) is 0 Å². The lowest BCUT2D eigenvalue weighted by Crippen LogP contribution is -2.40. The summed E-state index contributed by atoms with van der Waals surface area (Å²) in [5, 5.41) is 14.5. The molecule has 114 valence electrons. The van der Waals surface area contributed by atoms with E-state index in [-0.39, 0.29) is 18.4 Å². The number of nitrogens with zero attached hydrogens (tertiary/aromatic N) is 3. The predicted octanol–water partition coefficient (Wildman–Crippen LogP) is 1.37. The van der Waals surface area contributed by atoms with Gasteiger partial charge in [0.1, 0.15) is 9.71 Å². The van der Waals surface area contributed by atoms with Crippen molar-refractivity contribution >= 4 is 33.1 Å². The maximum atomic E-state index is 12.7. The van der Waals surface area contributed by atoms with Crippen LogP contribution in [0.25, 0.3) is 10.2 Å². The zero-order chi connectivity index (χ0) is 15.1. The molecule has 0 spiro atoms. The maximum Gasteiger partial charge on any atom is 0.266 e. The highest BCUT2D eigenvalue weighted by molar-refractivity contribution is 7.21. The van der Waals surface area contributed by atoms with Gasteiger partial charge >= 0.3 is 0 Å². The van der Waals surface area contributed by atoms with Crippen molar-refractivity contribution < 1.29 is 9.90 Å². The van der Waals surface area contributed by atoms with Crippen LogP contribution in [0.1, 0.15) is 28.2 Å². The van der Waals surface area contributed by atoms with Crippen LogP contribution in [0.2, 0.25) is 0 Å². The van der Waals surface area contributed by atoms with Gasteiger partial charge in [0.25, 0.3) is 5.91 Å². The summed E-state index contributed by atoms with van der Waals surface area (Å²) in [6.07, 6.45) is 1.91. The number of thiophene rings is 1. The van der Waals surface area contributed by atoms with Gasteiger partial charge in [-0.3, -0.25) is 9.48 Å². The molecule has 1 unspecified atom stereocenters. The van der Waals surface area contributed by atoms with E-state index in [2.05, 4.69) is 5.10 Å². The maximum absolute atomic E-state index is 12.7. The molecule has 0 saturated carbocycles. The van der Waals surface area contributed by atoms with Crippen LogP contribution in [-0.2, 0) is 7.05 Å². The van der Waals surface area contributed by atoms with Crippen molar-refractivity contribution in [3.05, 3.63) is 10.6 Å². The second-order valence-electron chi connectivity index (χ2n) is 5.68. The number of fused-ring (bicyclic) bond motifs is 1. The lowest BCUT2D eigenvalue weighted by Gasteiger charge is -2.31. The Balaban J connectivity index is 1.94. The number of hydrogen-bond acceptors (Lipinski definition) is 5. The number of nitrogens with two attached hydrogens (primary N) is 1. The fraction of sp³-hybridized carbons (Fsp3) is 0.571. The van der Waals surface area contributed by atoms with Crippen molar-refractivity contribution in [2.75, 3.05) is 25.4 Å². The molecule has 3 N–H and O–H groups in total. The Morgan fingerprint density at radius 1 is 1.57 bits per heavy atom. The van der Waals surface area contributed by atoms with Gasteiger partial charge < -0.3 is 15.7 Å². The second-order valence-corrected chi connectivity index (χ2v) is 6.68. The first-order valence-electron chi connectivity index (χ1n) is 7.14. The lowest BCUT2D eigenvalue weighted by atomic mass is 9.99. The molecule has 1 amide bonds. The highest BCUT2D eigenvalue weighted by Gasteiger charge is 2.28. The largest absolute Gasteiger partial charge is 0.397 e. The minimum absolute atomic E-state index is 0.0220. The smallest absolute Gasteiger partial charge is 0.266 e. The molecule has 1 aliphatic rings. The van der Waals surface area contributed by atoms with Crippen LogP contribution in [-0.4, -0.2) is 45.4 Å². The van der Waals surface area contributed by atoms with E-state index in [9.17, 15) is 9.90 Å². The molecule has 3 heterocycles. The van der Waals surface area contributed by atoms with Crippen LogP contribution in [0.4, 0.5) is 5.69 Å². The van der Waals surface area contributed by atoms with Crippen molar-refractivity contribution in [2.24, 2.45) is 13.0 Å². The molecular formula is C14H20N4O2S. The van der Waals surface area contributed by atoms with Crippen molar-refractivity contribution in [2.45, 2.75) is 19.8 Å². The molecule has 21 heavy (non-hydrogen) atoms. The summed E-state index contributed by atoms with van der Waals surface area (Å²) in [5.74, 6) is 0.160. The first kappa shape index (κ1) is 14.3. The summed E-state index contributed by atoms with van der Waals surface area (Å²) in [7, 11) is 1.86. The molecule has 1 atom stereocenters. The fourth-order valence-corrected chi connectivity index (χ4v) is 4.18. The number of rotatable bonds is 2. The number of amides is 1. The summed E-state index contributed by atoms with van der Waals surface area (Å²) >= 11 is 1.40. The quantitative estimate of drug-likeness (QED) is 0.877. The number of aryl methyl sites for hydroxylation is 2. The molecule has 0 aliphatic carbocycles. The number of piperidine rings is 1. The number of likely N-dealkylation sites (tertiary alicyclic amines) is 1. The van der Waals surface area contributed by atoms with Crippen molar-refractivity contribution in [1.29, 1.82) is 0 Å². The molecule has 0 bridgehead atoms. The average Bonchev–Trinajstić information content (AvgIpc) is 2.97. The van der Waals surface area contributed by atoms with Crippen molar-refractivity contribution in [1.82, 2.24) is 14.7 Å². The average molecular weight is 308 g/mol. The Morgan fingerprint density at radius 2 is 2.33 bits per heavy atom. The molecule has 2 aromatic rings. The summed E-state index contributed by atoms with van der Waals surface area (Å²) in [5.41, 5.74) is 7.58. The second kappa shape index (κ2) is 5.31. The van der Waals surface area contributed by atoms with Crippen LogP contribution >= 0.6 is 11.3 Å². The van der Waals surface area contributed by atoms with Gasteiger partial charge in [-0.1, -0.05) is 0 Å². The van der Waals surface area contributed by atoms with E-state index < -0.39 is 0 Å². The minimum atomic E-state index is -0.0220. The van der Waals surface area contributed by atoms with Crippen LogP contribution in [0, 0.1) is 12.8 Å². The van der Waals surface area contributed by atoms with Crippen LogP contribution in [0.3, 0.4) is 0 Å². The Morgan fingerprint density at radius 3 is 3.00 bits per heavy atom. The van der Waals surface area contributed by atoms with Gasteiger partial charge in [-0.25, -0.2) is 0 Å². The van der Waals surface area contributed by atoms with Gasteiger partial charge in [0.2, 0.25) is 0 Å². The monoisotopic (exact) mass is 308 g/mol. The molecular weight excluding hydrogens is 288 g/mol. The zero-order valence-electron chi connectivity index (χ0n) is 12.3. The Kier molecular flexibility index (Phi) is 3.62. The molecule has 0 radical (unpaired) electrons. The molecule has 6 nitrogen and oxygen atoms in total. The molecule has 0 aromatic carbocycles. The van der Waals surface area contributed by atoms with Gasteiger partial charge in [0.05, 0.1) is 16.8 Å². The topological polar surface area (TPSA) is 84.4 Å². The molecule has 1 aliphatic heterocycles. The third-order valence-corrected chi connectivity index (χ3v) is 5.40. The van der Waals surface area contributed by atoms with E-state index in [1.165, 1.54) is 11.3 Å². The van der Waals surface area contributed by atoms with E-state index in [1.54, 1.807) is 4.68 Å². The van der Waals surface area contributed by atoms with Crippen molar-refractivity contribution in [3.8, 4) is 0 Å². The molecule has 2 aromatic heterocycles. The number of carbonyl (C=O) groups is 1. The standard InChI is InChI=1S/C14H20N4O2S/c1-8-10-11(15)12(21-14(10)17(2)16-8)13(20)18-5-3-4-9(6-18)7-19/h9,19H,3-7,15H2,1-2H3. The first-order chi connectivity index (χ1) is 10.0. The summed E-state index contributed by atoms with van der Waals surface area (Å²) < 4.78 is 1.77. The number of carbonyl (C=O) groups excluding carboxylic acids is 1. The third-order valence-electron chi connectivity index (χ3n) is 4.14. The highest BCUT2D eigenvalue weighted by atomic mass is 32.1. The Bertz CT molecular complexity index is 691. The highest BCUT2D eigenvalue weighted by Crippen LogP contribution is 2.36. The first-order valence-corrected chi connectivity index (χ1v) is 7.96. The van der Waals surface area contributed by atoms with E-state index in [0.29, 0.717) is 17.1 Å². The van der Waals surface area contributed by atoms with Gasteiger partial charge in [0.15, 0.2) is 0 Å². The Labute approximate surface area is 127 Å². The Hall–Kier alpha value is -1.60. The van der Waals surface area contributed by atoms with E-state index in [0.717, 1.165) is 35.3 Å². The lowest BCUT2D eigenvalue weighted by molar-refractivity contribution is 0.0626. The molecule has 1 saturated heterocycles. The normalized spacial score (nSPS) is 19.4. The minimum Gasteiger partial charge on any atom is -0.397 e. The van der Waals surface area contributed by atoms with E-state index in [1.807, 2.05) is 18.9 Å². The van der Waals surface area contributed by atoms with Gasteiger partial charge in [0, 0.05) is 26.7 Å². The SMILES string of the molecule is Cc1nn(C)c2sc(C(=O)N3CCCC(CO)C3)c(N)c12. The molecule has 1 fully saturated rings. The summed E-state index contributed by atoms with van der Waals surface area (Å²) in [6.45, 7) is 3.39. The summed E-state index contributed by atoms with van der Waals surface area (Å²) in [6, 6.07) is 0. The van der Waals surface area contributed by atoms with E-state index in [4.69, 9.17) is 5.73 Å². The van der Waals surface area contributed by atoms with Crippen LogP contribution in [0.15, 0.2) is 0 Å². The van der Waals surface area contributed by atoms with Crippen LogP contribution < -0.4 is 5.73 Å². The zero-order valence-corrected chi connectivity index (χ0v) is 13.1. The van der Waals surface area contributed by atoms with E-state index >= 15 is 0 Å². The number of nitrogen functional groups attached to an aromatic ring is 1. The molecule has 3 rings (SSSR count). The van der Waals surface area contributed by atoms with Crippen molar-refractivity contribution in [3.63, 3.8) is 0 Å². The van der Waals surface area contributed by atoms with Gasteiger partial charge in [-0.2, -0.15) is 5.10 Å². The summed E-state index contributed by atoms with van der Waals surface area (Å²) in [4.78, 5) is 16.1. The number of aromatic nitrogens is 2.